The normalized spacial score (nSPS) is 17.0. The fraction of sp³-hybridized carbons (Fsp3) is 0.222. The minimum absolute atomic E-state index is 0.122. The average Bonchev–Trinajstić information content (AvgIpc) is 2.95. The largest absolute Gasteiger partial charge is 0.447 e. The highest BCUT2D eigenvalue weighted by Crippen LogP contribution is 2.26. The van der Waals surface area contributed by atoms with Crippen LogP contribution in [0.15, 0.2) is 54.6 Å². The summed E-state index contributed by atoms with van der Waals surface area (Å²) < 4.78 is 5.12. The van der Waals surface area contributed by atoms with Gasteiger partial charge in [-0.15, -0.1) is 0 Å². The number of benzene rings is 2. The lowest BCUT2D eigenvalue weighted by atomic mass is 10.1. The van der Waals surface area contributed by atoms with Gasteiger partial charge in [-0.05, 0) is 23.3 Å². The number of hydrogen-bond donors (Lipinski definition) is 1. The third-order valence-corrected chi connectivity index (χ3v) is 3.80. The monoisotopic (exact) mass is 310 g/mol. The molecule has 5 heteroatoms. The minimum atomic E-state index is -0.382. The summed E-state index contributed by atoms with van der Waals surface area (Å²) in [7, 11) is 0. The molecule has 5 nitrogen and oxygen atoms in total. The molecule has 0 radical (unpaired) electrons. The van der Waals surface area contributed by atoms with Gasteiger partial charge in [-0.1, -0.05) is 42.5 Å². The van der Waals surface area contributed by atoms with Crippen molar-refractivity contribution < 1.29 is 14.3 Å². The topological polar surface area (TPSA) is 58.6 Å². The SMILES string of the molecule is CC(=O)NCC1COC(=O)N1c1ccc(-c2ccccc2)cc1. The predicted molar refractivity (Wildman–Crippen MR) is 88.2 cm³/mol. The molecule has 1 heterocycles. The number of carbonyl (C=O) groups is 2. The first-order valence-corrected chi connectivity index (χ1v) is 7.51. The van der Waals surface area contributed by atoms with Crippen LogP contribution in [0.2, 0.25) is 0 Å². The average molecular weight is 310 g/mol. The molecule has 0 bridgehead atoms. The van der Waals surface area contributed by atoms with Gasteiger partial charge in [-0.3, -0.25) is 9.69 Å². The molecular formula is C18H18N2O3. The van der Waals surface area contributed by atoms with Crippen molar-refractivity contribution in [1.29, 1.82) is 0 Å². The third kappa shape index (κ3) is 3.34. The molecule has 1 atom stereocenters. The summed E-state index contributed by atoms with van der Waals surface area (Å²) in [6, 6.07) is 17.6. The van der Waals surface area contributed by atoms with E-state index >= 15 is 0 Å². The van der Waals surface area contributed by atoms with Crippen LogP contribution in [0.5, 0.6) is 0 Å². The predicted octanol–water partition coefficient (Wildman–Crippen LogP) is 2.81. The molecule has 0 saturated carbocycles. The third-order valence-electron chi connectivity index (χ3n) is 3.80. The van der Waals surface area contributed by atoms with E-state index in [2.05, 4.69) is 5.32 Å². The standard InChI is InChI=1S/C18H18N2O3/c1-13(21)19-11-17-12-23-18(22)20(17)16-9-7-15(8-10-16)14-5-3-2-4-6-14/h2-10,17H,11-12H2,1H3,(H,19,21). The lowest BCUT2D eigenvalue weighted by Crippen LogP contribution is -2.42. The quantitative estimate of drug-likeness (QED) is 0.944. The number of nitrogens with zero attached hydrogens (tertiary/aromatic N) is 1. The molecule has 2 aromatic rings. The molecule has 0 spiro atoms. The summed E-state index contributed by atoms with van der Waals surface area (Å²) in [6.45, 7) is 2.11. The maximum absolute atomic E-state index is 12.0. The van der Waals surface area contributed by atoms with Gasteiger partial charge in [0.2, 0.25) is 5.91 Å². The van der Waals surface area contributed by atoms with Gasteiger partial charge in [0.25, 0.3) is 0 Å². The minimum Gasteiger partial charge on any atom is -0.447 e. The van der Waals surface area contributed by atoms with Crippen molar-refractivity contribution in [2.45, 2.75) is 13.0 Å². The molecule has 1 fully saturated rings. The Morgan fingerprint density at radius 2 is 1.78 bits per heavy atom. The van der Waals surface area contributed by atoms with E-state index in [1.165, 1.54) is 6.92 Å². The Hall–Kier alpha value is -2.82. The maximum atomic E-state index is 12.0. The first kappa shape index (κ1) is 15.1. The Morgan fingerprint density at radius 1 is 1.13 bits per heavy atom. The number of ether oxygens (including phenoxy) is 1. The van der Waals surface area contributed by atoms with Crippen molar-refractivity contribution in [2.75, 3.05) is 18.1 Å². The molecule has 2 aromatic carbocycles. The van der Waals surface area contributed by atoms with Gasteiger partial charge in [-0.25, -0.2) is 4.79 Å². The van der Waals surface area contributed by atoms with E-state index in [9.17, 15) is 9.59 Å². The Bertz CT molecular complexity index is 698. The number of cyclic esters (lactones) is 1. The summed E-state index contributed by atoms with van der Waals surface area (Å²) in [6.07, 6.45) is -0.382. The zero-order valence-corrected chi connectivity index (χ0v) is 12.9. The lowest BCUT2D eigenvalue weighted by molar-refractivity contribution is -0.119. The van der Waals surface area contributed by atoms with Crippen molar-refractivity contribution in [3.8, 4) is 11.1 Å². The van der Waals surface area contributed by atoms with Gasteiger partial charge < -0.3 is 10.1 Å². The van der Waals surface area contributed by atoms with Gasteiger partial charge in [-0.2, -0.15) is 0 Å². The van der Waals surface area contributed by atoms with Crippen LogP contribution in [-0.2, 0) is 9.53 Å². The van der Waals surface area contributed by atoms with Gasteiger partial charge in [0.05, 0.1) is 6.04 Å². The van der Waals surface area contributed by atoms with E-state index in [4.69, 9.17) is 4.74 Å². The van der Waals surface area contributed by atoms with Gasteiger partial charge in [0.15, 0.2) is 0 Å². The molecule has 2 amide bonds. The molecule has 1 aliphatic heterocycles. The molecular weight excluding hydrogens is 292 g/mol. The Kier molecular flexibility index (Phi) is 4.28. The van der Waals surface area contributed by atoms with Gasteiger partial charge in [0, 0.05) is 19.2 Å². The second kappa shape index (κ2) is 6.52. The number of anilines is 1. The molecule has 1 N–H and O–H groups in total. The highest BCUT2D eigenvalue weighted by Gasteiger charge is 2.34. The Morgan fingerprint density at radius 3 is 2.43 bits per heavy atom. The number of hydrogen-bond acceptors (Lipinski definition) is 3. The van der Waals surface area contributed by atoms with Crippen LogP contribution in [0.4, 0.5) is 10.5 Å². The summed E-state index contributed by atoms with van der Waals surface area (Å²) >= 11 is 0. The zero-order valence-electron chi connectivity index (χ0n) is 12.9. The molecule has 3 rings (SSSR count). The van der Waals surface area contributed by atoms with Crippen LogP contribution in [0.25, 0.3) is 11.1 Å². The van der Waals surface area contributed by atoms with E-state index in [1.54, 1.807) is 4.90 Å². The summed E-state index contributed by atoms with van der Waals surface area (Å²) in [5, 5.41) is 2.73. The first-order valence-electron chi connectivity index (χ1n) is 7.51. The summed E-state index contributed by atoms with van der Waals surface area (Å²) in [5.74, 6) is -0.122. The van der Waals surface area contributed by atoms with Crippen LogP contribution in [0.3, 0.4) is 0 Å². The maximum Gasteiger partial charge on any atom is 0.414 e. The second-order valence-electron chi connectivity index (χ2n) is 5.45. The lowest BCUT2D eigenvalue weighted by Gasteiger charge is -2.21. The molecule has 118 valence electrons. The van der Waals surface area contributed by atoms with Crippen LogP contribution >= 0.6 is 0 Å². The van der Waals surface area contributed by atoms with Crippen molar-refractivity contribution in [1.82, 2.24) is 5.32 Å². The smallest absolute Gasteiger partial charge is 0.414 e. The Balaban J connectivity index is 1.79. The van der Waals surface area contributed by atoms with Crippen molar-refractivity contribution in [3.63, 3.8) is 0 Å². The van der Waals surface area contributed by atoms with E-state index in [0.29, 0.717) is 6.54 Å². The fourth-order valence-corrected chi connectivity index (χ4v) is 2.63. The van der Waals surface area contributed by atoms with Crippen LogP contribution in [0, 0.1) is 0 Å². The van der Waals surface area contributed by atoms with Crippen molar-refractivity contribution in [3.05, 3.63) is 54.6 Å². The highest BCUT2D eigenvalue weighted by atomic mass is 16.6. The van der Waals surface area contributed by atoms with E-state index in [-0.39, 0.29) is 24.6 Å². The highest BCUT2D eigenvalue weighted by molar-refractivity contribution is 5.91. The van der Waals surface area contributed by atoms with Crippen molar-refractivity contribution in [2.24, 2.45) is 0 Å². The molecule has 23 heavy (non-hydrogen) atoms. The molecule has 1 aliphatic rings. The number of rotatable bonds is 4. The first-order chi connectivity index (χ1) is 11.1. The van der Waals surface area contributed by atoms with Crippen LogP contribution in [0.1, 0.15) is 6.92 Å². The molecule has 0 aromatic heterocycles. The fourth-order valence-electron chi connectivity index (χ4n) is 2.63. The van der Waals surface area contributed by atoms with E-state index in [1.807, 2.05) is 54.6 Å². The number of amides is 2. The summed E-state index contributed by atoms with van der Waals surface area (Å²) in [5.41, 5.74) is 2.97. The van der Waals surface area contributed by atoms with Crippen LogP contribution < -0.4 is 10.2 Å². The van der Waals surface area contributed by atoms with E-state index in [0.717, 1.165) is 16.8 Å². The number of nitrogens with one attached hydrogen (secondary N) is 1. The molecule has 1 saturated heterocycles. The molecule has 0 aliphatic carbocycles. The summed E-state index contributed by atoms with van der Waals surface area (Å²) in [4.78, 5) is 24.6. The van der Waals surface area contributed by atoms with E-state index < -0.39 is 0 Å². The second-order valence-corrected chi connectivity index (χ2v) is 5.45. The zero-order chi connectivity index (χ0) is 16.2. The number of carbonyl (C=O) groups excluding carboxylic acids is 2. The molecule has 1 unspecified atom stereocenters. The van der Waals surface area contributed by atoms with Gasteiger partial charge >= 0.3 is 6.09 Å². The Labute approximate surface area is 134 Å². The van der Waals surface area contributed by atoms with Gasteiger partial charge in [0.1, 0.15) is 6.61 Å². The van der Waals surface area contributed by atoms with Crippen LogP contribution in [-0.4, -0.2) is 31.2 Å². The van der Waals surface area contributed by atoms with Crippen molar-refractivity contribution >= 4 is 17.7 Å².